The van der Waals surface area contributed by atoms with Crippen molar-refractivity contribution in [2.24, 2.45) is 0 Å². The number of nitriles is 1. The molecule has 4 heteroatoms. The van der Waals surface area contributed by atoms with Gasteiger partial charge in [0, 0.05) is 13.1 Å². The fourth-order valence-corrected chi connectivity index (χ4v) is 1.15. The smallest absolute Gasteiger partial charge is 0.233 e. The van der Waals surface area contributed by atoms with Crippen molar-refractivity contribution in [1.82, 2.24) is 10.2 Å². The summed E-state index contributed by atoms with van der Waals surface area (Å²) in [5, 5.41) is 11.1. The van der Waals surface area contributed by atoms with Crippen molar-refractivity contribution >= 4 is 5.91 Å². The topological polar surface area (TPSA) is 56.1 Å². The van der Waals surface area contributed by atoms with Crippen molar-refractivity contribution < 1.29 is 4.79 Å². The molecule has 0 aliphatic heterocycles. The minimum absolute atomic E-state index is 0.0149. The molecule has 0 aliphatic rings. The first-order valence-corrected chi connectivity index (χ1v) is 4.43. The average molecular weight is 183 g/mol. The van der Waals surface area contributed by atoms with E-state index in [-0.39, 0.29) is 11.9 Å². The third kappa shape index (κ3) is 4.48. The van der Waals surface area contributed by atoms with Gasteiger partial charge in [0.05, 0.1) is 19.0 Å². The Kier molecular flexibility index (Phi) is 5.90. The SMILES string of the molecule is CCC(CC#N)N(C)CC(=O)NC. The Morgan fingerprint density at radius 3 is 2.69 bits per heavy atom. The molecular weight excluding hydrogens is 166 g/mol. The van der Waals surface area contributed by atoms with E-state index >= 15 is 0 Å². The van der Waals surface area contributed by atoms with Crippen molar-refractivity contribution in [2.75, 3.05) is 20.6 Å². The summed E-state index contributed by atoms with van der Waals surface area (Å²) in [6, 6.07) is 2.30. The molecule has 4 nitrogen and oxygen atoms in total. The average Bonchev–Trinajstić information content (AvgIpc) is 2.13. The summed E-state index contributed by atoms with van der Waals surface area (Å²) in [6.45, 7) is 2.37. The van der Waals surface area contributed by atoms with Crippen molar-refractivity contribution in [3.8, 4) is 6.07 Å². The number of nitrogens with zero attached hydrogens (tertiary/aromatic N) is 2. The number of hydrogen-bond donors (Lipinski definition) is 1. The Morgan fingerprint density at radius 2 is 2.31 bits per heavy atom. The van der Waals surface area contributed by atoms with E-state index in [2.05, 4.69) is 11.4 Å². The molecule has 0 aromatic carbocycles. The van der Waals surface area contributed by atoms with Crippen molar-refractivity contribution in [1.29, 1.82) is 5.26 Å². The van der Waals surface area contributed by atoms with Crippen molar-refractivity contribution in [2.45, 2.75) is 25.8 Å². The van der Waals surface area contributed by atoms with Crippen LogP contribution >= 0.6 is 0 Å². The lowest BCUT2D eigenvalue weighted by Gasteiger charge is -2.23. The van der Waals surface area contributed by atoms with Crippen molar-refractivity contribution in [3.05, 3.63) is 0 Å². The second kappa shape index (κ2) is 6.44. The van der Waals surface area contributed by atoms with Gasteiger partial charge in [0.25, 0.3) is 0 Å². The Balaban J connectivity index is 3.98. The van der Waals surface area contributed by atoms with Crippen LogP contribution in [0.1, 0.15) is 19.8 Å². The number of nitrogens with one attached hydrogen (secondary N) is 1. The van der Waals surface area contributed by atoms with Gasteiger partial charge >= 0.3 is 0 Å². The van der Waals surface area contributed by atoms with Crippen LogP contribution < -0.4 is 5.32 Å². The fourth-order valence-electron chi connectivity index (χ4n) is 1.15. The maximum atomic E-state index is 11.0. The van der Waals surface area contributed by atoms with Gasteiger partial charge in [-0.3, -0.25) is 9.69 Å². The molecule has 0 aromatic heterocycles. The van der Waals surface area contributed by atoms with Gasteiger partial charge in [0.15, 0.2) is 0 Å². The van der Waals surface area contributed by atoms with Gasteiger partial charge in [0.1, 0.15) is 0 Å². The molecule has 0 aromatic rings. The lowest BCUT2D eigenvalue weighted by Crippen LogP contribution is -2.39. The van der Waals surface area contributed by atoms with Crippen LogP contribution in [0.25, 0.3) is 0 Å². The van der Waals surface area contributed by atoms with Gasteiger partial charge in [-0.15, -0.1) is 0 Å². The Labute approximate surface area is 79.5 Å². The van der Waals surface area contributed by atoms with Gasteiger partial charge in [-0.1, -0.05) is 6.92 Å². The monoisotopic (exact) mass is 183 g/mol. The van der Waals surface area contributed by atoms with Gasteiger partial charge < -0.3 is 5.32 Å². The maximum absolute atomic E-state index is 11.0. The van der Waals surface area contributed by atoms with Crippen LogP contribution in [0.15, 0.2) is 0 Å². The summed E-state index contributed by atoms with van der Waals surface area (Å²) in [5.74, 6) is -0.0149. The number of carbonyl (C=O) groups is 1. The molecule has 0 aliphatic carbocycles. The van der Waals surface area contributed by atoms with E-state index in [1.54, 1.807) is 7.05 Å². The van der Waals surface area contributed by atoms with Gasteiger partial charge in [0.2, 0.25) is 5.91 Å². The lowest BCUT2D eigenvalue weighted by molar-refractivity contribution is -0.121. The number of likely N-dealkylation sites (N-methyl/N-ethyl adjacent to an activating group) is 2. The minimum atomic E-state index is -0.0149. The highest BCUT2D eigenvalue weighted by Gasteiger charge is 2.14. The van der Waals surface area contributed by atoms with Crippen LogP contribution in [0.2, 0.25) is 0 Å². The predicted octanol–water partition coefficient (Wildman–Crippen LogP) is 0.356. The van der Waals surface area contributed by atoms with Crippen LogP contribution in [-0.4, -0.2) is 37.5 Å². The van der Waals surface area contributed by atoms with Crippen LogP contribution in [-0.2, 0) is 4.79 Å². The molecule has 1 amide bonds. The summed E-state index contributed by atoms with van der Waals surface area (Å²) >= 11 is 0. The molecule has 0 bridgehead atoms. The van der Waals surface area contributed by atoms with E-state index in [4.69, 9.17) is 5.26 Å². The molecular formula is C9H17N3O. The van der Waals surface area contributed by atoms with E-state index in [1.807, 2.05) is 18.9 Å². The highest BCUT2D eigenvalue weighted by Crippen LogP contribution is 2.04. The van der Waals surface area contributed by atoms with Crippen LogP contribution in [0, 0.1) is 11.3 Å². The number of carbonyl (C=O) groups excluding carboxylic acids is 1. The normalized spacial score (nSPS) is 12.2. The molecule has 0 saturated heterocycles. The number of rotatable bonds is 5. The van der Waals surface area contributed by atoms with Gasteiger partial charge in [-0.2, -0.15) is 5.26 Å². The third-order valence-corrected chi connectivity index (χ3v) is 2.09. The maximum Gasteiger partial charge on any atom is 0.233 e. The molecule has 74 valence electrons. The molecule has 1 atom stereocenters. The molecule has 13 heavy (non-hydrogen) atoms. The number of hydrogen-bond acceptors (Lipinski definition) is 3. The summed E-state index contributed by atoms with van der Waals surface area (Å²) in [5.41, 5.74) is 0. The van der Waals surface area contributed by atoms with Gasteiger partial charge in [-0.05, 0) is 13.5 Å². The fraction of sp³-hybridized carbons (Fsp3) is 0.778. The second-order valence-electron chi connectivity index (χ2n) is 3.01. The standard InChI is InChI=1S/C9H17N3O/c1-4-8(5-6-10)12(3)7-9(13)11-2/h8H,4-5,7H2,1-3H3,(H,11,13). The van der Waals surface area contributed by atoms with Gasteiger partial charge in [-0.25, -0.2) is 0 Å². The largest absolute Gasteiger partial charge is 0.358 e. The van der Waals surface area contributed by atoms with E-state index in [0.717, 1.165) is 6.42 Å². The first kappa shape index (κ1) is 11.9. The molecule has 1 N–H and O–H groups in total. The zero-order chi connectivity index (χ0) is 10.3. The quantitative estimate of drug-likeness (QED) is 0.669. The molecule has 0 radical (unpaired) electrons. The van der Waals surface area contributed by atoms with Crippen molar-refractivity contribution in [3.63, 3.8) is 0 Å². The summed E-state index contributed by atoms with van der Waals surface area (Å²) in [6.07, 6.45) is 1.37. The highest BCUT2D eigenvalue weighted by atomic mass is 16.1. The Hall–Kier alpha value is -1.08. The summed E-state index contributed by atoms with van der Waals surface area (Å²) in [7, 11) is 3.47. The molecule has 0 fully saturated rings. The van der Waals surface area contributed by atoms with E-state index in [1.165, 1.54) is 0 Å². The van der Waals surface area contributed by atoms with E-state index in [9.17, 15) is 4.79 Å². The molecule has 0 rings (SSSR count). The predicted molar refractivity (Wildman–Crippen MR) is 51.0 cm³/mol. The number of amides is 1. The van der Waals surface area contributed by atoms with Crippen LogP contribution in [0.5, 0.6) is 0 Å². The zero-order valence-electron chi connectivity index (χ0n) is 8.50. The lowest BCUT2D eigenvalue weighted by atomic mass is 10.1. The third-order valence-electron chi connectivity index (χ3n) is 2.09. The molecule has 1 unspecified atom stereocenters. The second-order valence-corrected chi connectivity index (χ2v) is 3.01. The first-order valence-electron chi connectivity index (χ1n) is 4.43. The molecule has 0 spiro atoms. The summed E-state index contributed by atoms with van der Waals surface area (Å²) in [4.78, 5) is 12.9. The zero-order valence-corrected chi connectivity index (χ0v) is 8.50. The Morgan fingerprint density at radius 1 is 1.69 bits per heavy atom. The van der Waals surface area contributed by atoms with Crippen LogP contribution in [0.3, 0.4) is 0 Å². The van der Waals surface area contributed by atoms with E-state index in [0.29, 0.717) is 13.0 Å². The molecule has 0 heterocycles. The first-order chi connectivity index (χ1) is 6.15. The van der Waals surface area contributed by atoms with Crippen LogP contribution in [0.4, 0.5) is 0 Å². The summed E-state index contributed by atoms with van der Waals surface area (Å²) < 4.78 is 0. The highest BCUT2D eigenvalue weighted by molar-refractivity contribution is 5.77. The molecule has 0 saturated carbocycles. The minimum Gasteiger partial charge on any atom is -0.358 e. The van der Waals surface area contributed by atoms with E-state index < -0.39 is 0 Å². The Bertz CT molecular complexity index is 198.